The van der Waals surface area contributed by atoms with Crippen LogP contribution in [0.25, 0.3) is 0 Å². The lowest BCUT2D eigenvalue weighted by molar-refractivity contribution is 0.117. The highest BCUT2D eigenvalue weighted by atomic mass is 15.2. The first-order chi connectivity index (χ1) is 6.25. The Kier molecular flexibility index (Phi) is 4.74. The minimum atomic E-state index is 0.692. The maximum absolute atomic E-state index is 3.48. The Morgan fingerprint density at radius 1 is 1.46 bits per heavy atom. The van der Waals surface area contributed by atoms with E-state index in [4.69, 9.17) is 0 Å². The van der Waals surface area contributed by atoms with E-state index in [1.165, 1.54) is 25.7 Å². The van der Waals surface area contributed by atoms with E-state index in [0.29, 0.717) is 6.04 Å². The van der Waals surface area contributed by atoms with Crippen LogP contribution >= 0.6 is 0 Å². The molecule has 1 saturated carbocycles. The summed E-state index contributed by atoms with van der Waals surface area (Å²) in [7, 11) is 2.27. The summed E-state index contributed by atoms with van der Waals surface area (Å²) in [5, 5.41) is 3.48. The number of nitrogens with one attached hydrogen (secondary N) is 1. The lowest BCUT2D eigenvalue weighted by Gasteiger charge is -2.38. The summed E-state index contributed by atoms with van der Waals surface area (Å²) < 4.78 is 0. The summed E-state index contributed by atoms with van der Waals surface area (Å²) in [6, 6.07) is 1.57. The molecule has 1 fully saturated rings. The third kappa shape index (κ3) is 3.28. The molecule has 0 saturated heterocycles. The standard InChI is InChI=1S/C11H24N2/c1-4-8-12-9-10(2)13(3)11-6-5-7-11/h10-12H,4-9H2,1-3H3. The molecule has 1 unspecified atom stereocenters. The van der Waals surface area contributed by atoms with Gasteiger partial charge < -0.3 is 5.32 Å². The summed E-state index contributed by atoms with van der Waals surface area (Å²) in [5.41, 5.74) is 0. The second-order valence-corrected chi connectivity index (χ2v) is 4.30. The van der Waals surface area contributed by atoms with Gasteiger partial charge in [0.1, 0.15) is 0 Å². The Bertz CT molecular complexity index is 132. The third-order valence-electron chi connectivity index (χ3n) is 3.21. The van der Waals surface area contributed by atoms with E-state index in [9.17, 15) is 0 Å². The molecular formula is C11H24N2. The van der Waals surface area contributed by atoms with Gasteiger partial charge in [0.25, 0.3) is 0 Å². The van der Waals surface area contributed by atoms with Crippen molar-refractivity contribution in [3.05, 3.63) is 0 Å². The number of nitrogens with zero attached hydrogens (tertiary/aromatic N) is 1. The first-order valence-electron chi connectivity index (χ1n) is 5.68. The summed E-state index contributed by atoms with van der Waals surface area (Å²) in [4.78, 5) is 2.53. The average molecular weight is 184 g/mol. The topological polar surface area (TPSA) is 15.3 Å². The van der Waals surface area contributed by atoms with Gasteiger partial charge in [-0.15, -0.1) is 0 Å². The second kappa shape index (κ2) is 5.61. The molecule has 2 nitrogen and oxygen atoms in total. The normalized spacial score (nSPS) is 20.3. The highest BCUT2D eigenvalue weighted by molar-refractivity contribution is 4.81. The SMILES string of the molecule is CCCNCC(C)N(C)C1CCC1. The second-order valence-electron chi connectivity index (χ2n) is 4.30. The van der Waals surface area contributed by atoms with Crippen molar-refractivity contribution in [1.82, 2.24) is 10.2 Å². The average Bonchev–Trinajstić information content (AvgIpc) is 2.01. The quantitative estimate of drug-likeness (QED) is 0.634. The van der Waals surface area contributed by atoms with Gasteiger partial charge >= 0.3 is 0 Å². The zero-order valence-corrected chi connectivity index (χ0v) is 9.34. The Balaban J connectivity index is 2.09. The third-order valence-corrected chi connectivity index (χ3v) is 3.21. The predicted octanol–water partition coefficient (Wildman–Crippen LogP) is 1.86. The zero-order chi connectivity index (χ0) is 9.68. The molecule has 13 heavy (non-hydrogen) atoms. The molecule has 0 amide bonds. The largest absolute Gasteiger partial charge is 0.315 e. The fraction of sp³-hybridized carbons (Fsp3) is 1.00. The molecular weight excluding hydrogens is 160 g/mol. The highest BCUT2D eigenvalue weighted by Crippen LogP contribution is 2.24. The van der Waals surface area contributed by atoms with Gasteiger partial charge in [-0.25, -0.2) is 0 Å². The van der Waals surface area contributed by atoms with Crippen molar-refractivity contribution in [2.75, 3.05) is 20.1 Å². The maximum atomic E-state index is 3.48. The molecule has 1 N–H and O–H groups in total. The van der Waals surface area contributed by atoms with E-state index < -0.39 is 0 Å². The molecule has 0 radical (unpaired) electrons. The molecule has 0 aromatic heterocycles. The van der Waals surface area contributed by atoms with Crippen molar-refractivity contribution in [1.29, 1.82) is 0 Å². The van der Waals surface area contributed by atoms with Crippen molar-refractivity contribution < 1.29 is 0 Å². The van der Waals surface area contributed by atoms with Gasteiger partial charge in [0.15, 0.2) is 0 Å². The molecule has 78 valence electrons. The molecule has 0 bridgehead atoms. The number of rotatable bonds is 6. The van der Waals surface area contributed by atoms with Gasteiger partial charge in [0.05, 0.1) is 0 Å². The summed E-state index contributed by atoms with van der Waals surface area (Å²) in [5.74, 6) is 0. The minimum Gasteiger partial charge on any atom is -0.315 e. The molecule has 0 aromatic rings. The van der Waals surface area contributed by atoms with Gasteiger partial charge in [0.2, 0.25) is 0 Å². The van der Waals surface area contributed by atoms with E-state index in [2.05, 4.69) is 31.1 Å². The van der Waals surface area contributed by atoms with E-state index in [1.54, 1.807) is 0 Å². The van der Waals surface area contributed by atoms with Crippen LogP contribution in [0.1, 0.15) is 39.5 Å². The van der Waals surface area contributed by atoms with Gasteiger partial charge in [-0.05, 0) is 39.8 Å². The van der Waals surface area contributed by atoms with Crippen LogP contribution in [0.4, 0.5) is 0 Å². The number of likely N-dealkylation sites (N-methyl/N-ethyl adjacent to an activating group) is 1. The smallest absolute Gasteiger partial charge is 0.0192 e. The molecule has 1 aliphatic carbocycles. The van der Waals surface area contributed by atoms with E-state index in [0.717, 1.165) is 19.1 Å². The van der Waals surface area contributed by atoms with E-state index in [1.807, 2.05) is 0 Å². The van der Waals surface area contributed by atoms with Gasteiger partial charge in [0, 0.05) is 18.6 Å². The molecule has 1 rings (SSSR count). The molecule has 1 atom stereocenters. The summed E-state index contributed by atoms with van der Waals surface area (Å²) >= 11 is 0. The molecule has 0 spiro atoms. The van der Waals surface area contributed by atoms with Crippen molar-refractivity contribution in [3.8, 4) is 0 Å². The van der Waals surface area contributed by atoms with Crippen molar-refractivity contribution >= 4 is 0 Å². The molecule has 0 aromatic carbocycles. The van der Waals surface area contributed by atoms with Crippen LogP contribution in [0.2, 0.25) is 0 Å². The van der Waals surface area contributed by atoms with E-state index >= 15 is 0 Å². The molecule has 0 heterocycles. The van der Waals surface area contributed by atoms with E-state index in [-0.39, 0.29) is 0 Å². The Hall–Kier alpha value is -0.0800. The fourth-order valence-corrected chi connectivity index (χ4v) is 1.79. The van der Waals surface area contributed by atoms with Crippen LogP contribution in [-0.2, 0) is 0 Å². The van der Waals surface area contributed by atoms with Crippen molar-refractivity contribution in [2.45, 2.75) is 51.6 Å². The van der Waals surface area contributed by atoms with Crippen LogP contribution in [0.5, 0.6) is 0 Å². The Morgan fingerprint density at radius 3 is 2.62 bits per heavy atom. The van der Waals surface area contributed by atoms with Gasteiger partial charge in [-0.3, -0.25) is 4.90 Å². The lowest BCUT2D eigenvalue weighted by Crippen LogP contribution is -2.46. The first kappa shape index (κ1) is 11.0. The van der Waals surface area contributed by atoms with Crippen LogP contribution in [0.3, 0.4) is 0 Å². The maximum Gasteiger partial charge on any atom is 0.0192 e. The first-order valence-corrected chi connectivity index (χ1v) is 5.68. The van der Waals surface area contributed by atoms with Gasteiger partial charge in [-0.2, -0.15) is 0 Å². The van der Waals surface area contributed by atoms with Crippen molar-refractivity contribution in [3.63, 3.8) is 0 Å². The molecule has 0 aliphatic heterocycles. The fourth-order valence-electron chi connectivity index (χ4n) is 1.79. The summed E-state index contributed by atoms with van der Waals surface area (Å²) in [6.45, 7) is 6.83. The lowest BCUT2D eigenvalue weighted by atomic mass is 9.91. The van der Waals surface area contributed by atoms with Gasteiger partial charge in [-0.1, -0.05) is 13.3 Å². The van der Waals surface area contributed by atoms with Crippen LogP contribution < -0.4 is 5.32 Å². The zero-order valence-electron chi connectivity index (χ0n) is 9.34. The molecule has 2 heteroatoms. The van der Waals surface area contributed by atoms with Crippen molar-refractivity contribution in [2.24, 2.45) is 0 Å². The Morgan fingerprint density at radius 2 is 2.15 bits per heavy atom. The highest BCUT2D eigenvalue weighted by Gasteiger charge is 2.24. The number of hydrogen-bond acceptors (Lipinski definition) is 2. The number of hydrogen-bond donors (Lipinski definition) is 1. The van der Waals surface area contributed by atoms with Crippen LogP contribution in [0, 0.1) is 0 Å². The van der Waals surface area contributed by atoms with Crippen LogP contribution in [0.15, 0.2) is 0 Å². The monoisotopic (exact) mass is 184 g/mol. The summed E-state index contributed by atoms with van der Waals surface area (Å²) in [6.07, 6.45) is 5.49. The minimum absolute atomic E-state index is 0.692. The van der Waals surface area contributed by atoms with Crippen LogP contribution in [-0.4, -0.2) is 37.1 Å². The molecule has 1 aliphatic rings. The Labute approximate surface area is 82.7 Å². The predicted molar refractivity (Wildman–Crippen MR) is 58.0 cm³/mol.